The molecule has 2 aromatic rings. The van der Waals surface area contributed by atoms with Crippen LogP contribution in [0.2, 0.25) is 0 Å². The van der Waals surface area contributed by atoms with Crippen LogP contribution in [-0.2, 0) is 0 Å². The summed E-state index contributed by atoms with van der Waals surface area (Å²) in [6.45, 7) is 6.56. The molecule has 0 spiro atoms. The van der Waals surface area contributed by atoms with Crippen molar-refractivity contribution in [3.63, 3.8) is 0 Å². The van der Waals surface area contributed by atoms with E-state index in [9.17, 15) is 0 Å². The molecule has 0 saturated carbocycles. The Bertz CT molecular complexity index is 713. The summed E-state index contributed by atoms with van der Waals surface area (Å²) in [5, 5.41) is 3.57. The van der Waals surface area contributed by atoms with Crippen LogP contribution < -0.4 is 10.1 Å². The maximum absolute atomic E-state index is 5.31. The molecule has 0 fully saturated rings. The standard InChI is InChI=1S/C19H21NO/c1-13-12-19(2,3)20-18-9-8-15(11-17(13)18)14-6-5-7-16(10-14)21-4/h5-12,20H,1-4H3. The molecule has 0 bridgehead atoms. The number of rotatable bonds is 2. The van der Waals surface area contributed by atoms with Crippen molar-refractivity contribution in [3.8, 4) is 16.9 Å². The van der Waals surface area contributed by atoms with Gasteiger partial charge in [-0.2, -0.15) is 0 Å². The van der Waals surface area contributed by atoms with Crippen LogP contribution in [0.1, 0.15) is 26.3 Å². The monoisotopic (exact) mass is 279 g/mol. The van der Waals surface area contributed by atoms with E-state index in [0.29, 0.717) is 0 Å². The first kappa shape index (κ1) is 13.7. The number of hydrogen-bond acceptors (Lipinski definition) is 2. The van der Waals surface area contributed by atoms with Gasteiger partial charge in [-0.1, -0.05) is 24.3 Å². The number of nitrogens with one attached hydrogen (secondary N) is 1. The molecule has 1 N–H and O–H groups in total. The summed E-state index contributed by atoms with van der Waals surface area (Å²) in [5.74, 6) is 0.886. The lowest BCUT2D eigenvalue weighted by Gasteiger charge is -2.31. The first-order valence-electron chi connectivity index (χ1n) is 7.25. The number of anilines is 1. The smallest absolute Gasteiger partial charge is 0.119 e. The maximum Gasteiger partial charge on any atom is 0.119 e. The number of benzene rings is 2. The minimum atomic E-state index is 0.00850. The van der Waals surface area contributed by atoms with Crippen LogP contribution in [0.25, 0.3) is 16.7 Å². The van der Waals surface area contributed by atoms with Crippen molar-refractivity contribution >= 4 is 11.3 Å². The maximum atomic E-state index is 5.31. The third kappa shape index (κ3) is 2.66. The fourth-order valence-corrected chi connectivity index (χ4v) is 2.96. The Morgan fingerprint density at radius 1 is 1.00 bits per heavy atom. The van der Waals surface area contributed by atoms with Crippen molar-refractivity contribution in [2.45, 2.75) is 26.3 Å². The minimum Gasteiger partial charge on any atom is -0.497 e. The third-order valence-corrected chi connectivity index (χ3v) is 3.88. The molecule has 0 radical (unpaired) electrons. The molecule has 21 heavy (non-hydrogen) atoms. The van der Waals surface area contributed by atoms with Gasteiger partial charge in [-0.15, -0.1) is 0 Å². The molecule has 0 amide bonds. The molecule has 1 heterocycles. The first-order valence-corrected chi connectivity index (χ1v) is 7.25. The zero-order chi connectivity index (χ0) is 15.0. The summed E-state index contributed by atoms with van der Waals surface area (Å²) in [4.78, 5) is 0. The van der Waals surface area contributed by atoms with Crippen molar-refractivity contribution in [2.24, 2.45) is 0 Å². The molecule has 2 nitrogen and oxygen atoms in total. The number of fused-ring (bicyclic) bond motifs is 1. The van der Waals surface area contributed by atoms with Gasteiger partial charge >= 0.3 is 0 Å². The number of methoxy groups -OCH3 is 1. The zero-order valence-corrected chi connectivity index (χ0v) is 13.0. The molecule has 0 saturated heterocycles. The van der Waals surface area contributed by atoms with E-state index in [4.69, 9.17) is 4.74 Å². The zero-order valence-electron chi connectivity index (χ0n) is 13.0. The molecule has 2 heteroatoms. The SMILES string of the molecule is COc1cccc(-c2ccc3c(c2)C(C)=CC(C)(C)N3)c1. The Morgan fingerprint density at radius 2 is 1.76 bits per heavy atom. The summed E-state index contributed by atoms with van der Waals surface area (Å²) in [7, 11) is 1.70. The summed E-state index contributed by atoms with van der Waals surface area (Å²) in [5.41, 5.74) is 6.19. The van der Waals surface area contributed by atoms with E-state index in [2.05, 4.69) is 62.5 Å². The van der Waals surface area contributed by atoms with Crippen molar-refractivity contribution in [1.29, 1.82) is 0 Å². The normalized spacial score (nSPS) is 15.7. The van der Waals surface area contributed by atoms with E-state index < -0.39 is 0 Å². The molecule has 0 aromatic heterocycles. The van der Waals surface area contributed by atoms with Crippen molar-refractivity contribution in [1.82, 2.24) is 0 Å². The number of allylic oxidation sites excluding steroid dienone is 1. The summed E-state index contributed by atoms with van der Waals surface area (Å²) < 4.78 is 5.31. The number of hydrogen-bond donors (Lipinski definition) is 1. The molecule has 3 rings (SSSR count). The number of ether oxygens (including phenoxy) is 1. The van der Waals surface area contributed by atoms with Gasteiger partial charge in [-0.05, 0) is 61.7 Å². The fourth-order valence-electron chi connectivity index (χ4n) is 2.96. The molecule has 0 aliphatic carbocycles. The highest BCUT2D eigenvalue weighted by molar-refractivity contribution is 5.83. The minimum absolute atomic E-state index is 0.00850. The lowest BCUT2D eigenvalue weighted by atomic mass is 9.89. The first-order chi connectivity index (χ1) is 9.98. The Balaban J connectivity index is 2.06. The topological polar surface area (TPSA) is 21.3 Å². The molecule has 0 unspecified atom stereocenters. The van der Waals surface area contributed by atoms with Crippen LogP contribution in [0.4, 0.5) is 5.69 Å². The second kappa shape index (κ2) is 4.96. The van der Waals surface area contributed by atoms with E-state index in [1.165, 1.54) is 28.0 Å². The van der Waals surface area contributed by atoms with Gasteiger partial charge in [0, 0.05) is 11.3 Å². The van der Waals surface area contributed by atoms with Crippen LogP contribution >= 0.6 is 0 Å². The van der Waals surface area contributed by atoms with Crippen LogP contribution in [0.15, 0.2) is 48.5 Å². The molecule has 1 aliphatic rings. The van der Waals surface area contributed by atoms with Gasteiger partial charge in [-0.3, -0.25) is 0 Å². The van der Waals surface area contributed by atoms with Gasteiger partial charge in [0.2, 0.25) is 0 Å². The summed E-state index contributed by atoms with van der Waals surface area (Å²) in [6, 6.07) is 14.8. The molecule has 2 aromatic carbocycles. The van der Waals surface area contributed by atoms with Gasteiger partial charge < -0.3 is 10.1 Å². The Kier molecular flexibility index (Phi) is 3.25. The van der Waals surface area contributed by atoms with Crippen molar-refractivity contribution in [2.75, 3.05) is 12.4 Å². The molecule has 108 valence electrons. The second-order valence-corrected chi connectivity index (χ2v) is 6.17. The molecule has 1 aliphatic heterocycles. The van der Waals surface area contributed by atoms with Crippen molar-refractivity contribution < 1.29 is 4.74 Å². The lowest BCUT2D eigenvalue weighted by molar-refractivity contribution is 0.415. The van der Waals surface area contributed by atoms with E-state index in [1.54, 1.807) is 7.11 Å². The third-order valence-electron chi connectivity index (χ3n) is 3.88. The highest BCUT2D eigenvalue weighted by Gasteiger charge is 2.22. The quantitative estimate of drug-likeness (QED) is 0.838. The largest absolute Gasteiger partial charge is 0.497 e. The summed E-state index contributed by atoms with van der Waals surface area (Å²) >= 11 is 0. The molecular weight excluding hydrogens is 258 g/mol. The highest BCUT2D eigenvalue weighted by atomic mass is 16.5. The van der Waals surface area contributed by atoms with Crippen LogP contribution in [-0.4, -0.2) is 12.6 Å². The van der Waals surface area contributed by atoms with Gasteiger partial charge in [0.15, 0.2) is 0 Å². The molecular formula is C19H21NO. The Labute approximate surface area is 126 Å². The van der Waals surface area contributed by atoms with E-state index in [1.807, 2.05) is 12.1 Å². The van der Waals surface area contributed by atoms with Gasteiger partial charge in [0.1, 0.15) is 5.75 Å². The fraction of sp³-hybridized carbons (Fsp3) is 0.263. The van der Waals surface area contributed by atoms with E-state index >= 15 is 0 Å². The van der Waals surface area contributed by atoms with Crippen LogP contribution in [0.3, 0.4) is 0 Å². The second-order valence-electron chi connectivity index (χ2n) is 6.17. The van der Waals surface area contributed by atoms with E-state index in [0.717, 1.165) is 5.75 Å². The predicted molar refractivity (Wildman–Crippen MR) is 89.8 cm³/mol. The Hall–Kier alpha value is -2.22. The predicted octanol–water partition coefficient (Wildman–Crippen LogP) is 4.97. The summed E-state index contributed by atoms with van der Waals surface area (Å²) in [6.07, 6.45) is 2.28. The van der Waals surface area contributed by atoms with Crippen LogP contribution in [0, 0.1) is 0 Å². The van der Waals surface area contributed by atoms with E-state index in [-0.39, 0.29) is 5.54 Å². The van der Waals surface area contributed by atoms with Gasteiger partial charge in [-0.25, -0.2) is 0 Å². The van der Waals surface area contributed by atoms with Crippen molar-refractivity contribution in [3.05, 3.63) is 54.1 Å². The van der Waals surface area contributed by atoms with Gasteiger partial charge in [0.25, 0.3) is 0 Å². The average Bonchev–Trinajstić information content (AvgIpc) is 2.46. The van der Waals surface area contributed by atoms with Crippen LogP contribution in [0.5, 0.6) is 5.75 Å². The Morgan fingerprint density at radius 3 is 2.52 bits per heavy atom. The highest BCUT2D eigenvalue weighted by Crippen LogP contribution is 2.36. The average molecular weight is 279 g/mol. The lowest BCUT2D eigenvalue weighted by Crippen LogP contribution is -2.31. The molecule has 0 atom stereocenters. The van der Waals surface area contributed by atoms with Gasteiger partial charge in [0.05, 0.1) is 12.6 Å².